The van der Waals surface area contributed by atoms with Crippen LogP contribution in [0.2, 0.25) is 0 Å². The monoisotopic (exact) mass is 548 g/mol. The lowest BCUT2D eigenvalue weighted by atomic mass is 9.96. The topological polar surface area (TPSA) is 135 Å². The van der Waals surface area contributed by atoms with E-state index in [0.717, 1.165) is 18.6 Å². The lowest BCUT2D eigenvalue weighted by Crippen LogP contribution is -2.34. The van der Waals surface area contributed by atoms with Crippen LogP contribution >= 0.6 is 0 Å². The first-order valence-electron chi connectivity index (χ1n) is 11.4. The van der Waals surface area contributed by atoms with Crippen LogP contribution in [0.15, 0.2) is 27.9 Å². The van der Waals surface area contributed by atoms with Crippen molar-refractivity contribution < 1.29 is 35.6 Å². The van der Waals surface area contributed by atoms with Crippen molar-refractivity contribution >= 4 is 11.6 Å². The second-order valence-electron chi connectivity index (χ2n) is 8.62. The summed E-state index contributed by atoms with van der Waals surface area (Å²) in [6, 6.07) is -0.612. The van der Waals surface area contributed by atoms with Gasteiger partial charge < -0.3 is 19.5 Å². The summed E-state index contributed by atoms with van der Waals surface area (Å²) in [5, 5.41) is 11.7. The summed E-state index contributed by atoms with van der Waals surface area (Å²) in [6.45, 7) is 2.41. The molecule has 1 saturated heterocycles. The van der Waals surface area contributed by atoms with Crippen molar-refractivity contribution in [2.24, 2.45) is 0 Å². The predicted molar refractivity (Wildman–Crippen MR) is 118 cm³/mol. The number of alkyl halides is 6. The Kier molecular flexibility index (Phi) is 7.84. The van der Waals surface area contributed by atoms with E-state index in [9.17, 15) is 31.1 Å². The fourth-order valence-electron chi connectivity index (χ4n) is 3.88. The molecule has 17 heteroatoms. The second-order valence-corrected chi connectivity index (χ2v) is 8.62. The Bertz CT molecular complexity index is 1270. The summed E-state index contributed by atoms with van der Waals surface area (Å²) in [5.41, 5.74) is -4.12. The molecule has 0 bridgehead atoms. The van der Waals surface area contributed by atoms with Crippen molar-refractivity contribution in [1.29, 1.82) is 0 Å². The van der Waals surface area contributed by atoms with Crippen LogP contribution in [0.1, 0.15) is 48.5 Å². The van der Waals surface area contributed by atoms with E-state index in [4.69, 9.17) is 9.26 Å². The highest BCUT2D eigenvalue weighted by molar-refractivity contribution is 5.50. The number of rotatable bonds is 8. The molecular formula is C21H22F6N8O3. The molecule has 3 aromatic rings. The molecule has 0 unspecified atom stereocenters. The van der Waals surface area contributed by atoms with Gasteiger partial charge in [0.2, 0.25) is 5.95 Å². The van der Waals surface area contributed by atoms with Gasteiger partial charge in [0, 0.05) is 37.4 Å². The predicted octanol–water partition coefficient (Wildman–Crippen LogP) is 3.38. The number of ether oxygens (including phenoxy) is 1. The summed E-state index contributed by atoms with van der Waals surface area (Å²) in [6.07, 6.45) is -5.80. The Morgan fingerprint density at radius 3 is 2.45 bits per heavy atom. The number of H-pyrrole nitrogens is 1. The zero-order valence-corrected chi connectivity index (χ0v) is 19.8. The quantitative estimate of drug-likeness (QED) is 0.404. The minimum Gasteiger partial charge on any atom is -0.378 e. The molecule has 3 aromatic heterocycles. The van der Waals surface area contributed by atoms with Gasteiger partial charge >= 0.3 is 12.4 Å². The van der Waals surface area contributed by atoms with E-state index >= 15 is 0 Å². The maximum atomic E-state index is 13.2. The maximum Gasteiger partial charge on any atom is 0.423 e. The van der Waals surface area contributed by atoms with E-state index in [2.05, 4.69) is 30.5 Å². The molecular weight excluding hydrogens is 526 g/mol. The number of nitrogens with zero attached hydrogens (tertiary/aromatic N) is 6. The van der Waals surface area contributed by atoms with E-state index < -0.39 is 40.8 Å². The van der Waals surface area contributed by atoms with Crippen molar-refractivity contribution in [2.45, 2.75) is 50.7 Å². The van der Waals surface area contributed by atoms with Gasteiger partial charge in [-0.05, 0) is 19.8 Å². The fourth-order valence-corrected chi connectivity index (χ4v) is 3.88. The summed E-state index contributed by atoms with van der Waals surface area (Å²) in [5.74, 6) is 0.782. The number of aromatic amines is 1. The average molecular weight is 548 g/mol. The summed E-state index contributed by atoms with van der Waals surface area (Å²) in [7, 11) is 0. The molecule has 2 N–H and O–H groups in total. The van der Waals surface area contributed by atoms with Crippen LogP contribution in [0.4, 0.5) is 38.0 Å². The second kappa shape index (κ2) is 10.9. The van der Waals surface area contributed by atoms with Gasteiger partial charge in [0.25, 0.3) is 11.4 Å². The smallest absolute Gasteiger partial charge is 0.378 e. The molecule has 0 aliphatic carbocycles. The van der Waals surface area contributed by atoms with Gasteiger partial charge in [-0.25, -0.2) is 15.1 Å². The van der Waals surface area contributed by atoms with E-state index in [1.807, 2.05) is 0 Å². The molecule has 1 fully saturated rings. The van der Waals surface area contributed by atoms with Gasteiger partial charge in [0.15, 0.2) is 5.82 Å². The van der Waals surface area contributed by atoms with E-state index in [-0.39, 0.29) is 31.0 Å². The van der Waals surface area contributed by atoms with Gasteiger partial charge in [-0.1, -0.05) is 5.16 Å². The Hall–Kier alpha value is -3.76. The van der Waals surface area contributed by atoms with Crippen LogP contribution in [0.3, 0.4) is 0 Å². The van der Waals surface area contributed by atoms with Gasteiger partial charge in [0.05, 0.1) is 24.1 Å². The molecule has 206 valence electrons. The Labute approximate surface area is 210 Å². The molecule has 4 rings (SSSR count). The lowest BCUT2D eigenvalue weighted by Gasteiger charge is -2.30. The van der Waals surface area contributed by atoms with Crippen LogP contribution in [-0.4, -0.2) is 56.0 Å². The molecule has 1 aliphatic heterocycles. The Morgan fingerprint density at radius 2 is 1.82 bits per heavy atom. The first-order chi connectivity index (χ1) is 17.9. The van der Waals surface area contributed by atoms with Crippen LogP contribution in [-0.2, 0) is 23.7 Å². The molecule has 0 aromatic carbocycles. The van der Waals surface area contributed by atoms with E-state index in [0.29, 0.717) is 31.8 Å². The highest BCUT2D eigenvalue weighted by Gasteiger charge is 2.37. The molecule has 38 heavy (non-hydrogen) atoms. The number of halogens is 6. The third-order valence-corrected chi connectivity index (χ3v) is 5.73. The van der Waals surface area contributed by atoms with Crippen LogP contribution in [0, 0.1) is 0 Å². The third kappa shape index (κ3) is 6.56. The van der Waals surface area contributed by atoms with Crippen molar-refractivity contribution in [2.75, 3.05) is 29.9 Å². The summed E-state index contributed by atoms with van der Waals surface area (Å²) < 4.78 is 88.2. The normalized spacial score (nSPS) is 16.0. The van der Waals surface area contributed by atoms with Gasteiger partial charge in [-0.3, -0.25) is 4.79 Å². The molecule has 4 heterocycles. The zero-order chi connectivity index (χ0) is 27.5. The van der Waals surface area contributed by atoms with Crippen molar-refractivity contribution in [1.82, 2.24) is 30.3 Å². The largest absolute Gasteiger partial charge is 0.423 e. The number of anilines is 2. The number of nitrogens with one attached hydrogen (secondary N) is 2. The molecule has 1 aliphatic rings. The average Bonchev–Trinajstić information content (AvgIpc) is 3.32. The number of aromatic nitrogens is 6. The standard InChI is InChI=1S/C21H22F6N8O3/c1-11(31-14-8-30-33-18(36)16(14)21(25,26)27)9-37-10-15-32-17(34-38-15)12-2-4-35(5-3-12)19-28-6-13(7-29-19)20(22,23)24/h6-8,11-12H,2-5,9-10H2,1H3,(H2,31,33,36)/t11-/m0/s1. The highest BCUT2D eigenvalue weighted by Crippen LogP contribution is 2.32. The molecule has 1 atom stereocenters. The zero-order valence-electron chi connectivity index (χ0n) is 19.8. The van der Waals surface area contributed by atoms with Gasteiger partial charge in [0.1, 0.15) is 12.2 Å². The summed E-state index contributed by atoms with van der Waals surface area (Å²) >= 11 is 0. The van der Waals surface area contributed by atoms with Crippen LogP contribution < -0.4 is 15.8 Å². The van der Waals surface area contributed by atoms with Crippen molar-refractivity contribution in [3.05, 3.63) is 51.8 Å². The van der Waals surface area contributed by atoms with E-state index in [1.54, 1.807) is 16.9 Å². The Morgan fingerprint density at radius 1 is 1.13 bits per heavy atom. The SMILES string of the molecule is C[C@@H](COCc1nc(C2CCN(c3ncc(C(F)(F)F)cn3)CC2)no1)Nc1cn[nH]c(=O)c1C(F)(F)F. The molecule has 0 saturated carbocycles. The number of hydrogen-bond acceptors (Lipinski definition) is 10. The molecule has 0 amide bonds. The fraction of sp³-hybridized carbons (Fsp3) is 0.524. The van der Waals surface area contributed by atoms with Crippen molar-refractivity contribution in [3.8, 4) is 0 Å². The molecule has 11 nitrogen and oxygen atoms in total. The number of hydrogen-bond donors (Lipinski definition) is 2. The molecule has 0 spiro atoms. The maximum absolute atomic E-state index is 13.2. The van der Waals surface area contributed by atoms with Crippen molar-refractivity contribution in [3.63, 3.8) is 0 Å². The van der Waals surface area contributed by atoms with Gasteiger partial charge in [-0.2, -0.15) is 36.4 Å². The summed E-state index contributed by atoms with van der Waals surface area (Å²) in [4.78, 5) is 25.3. The first-order valence-corrected chi connectivity index (χ1v) is 11.4. The van der Waals surface area contributed by atoms with E-state index in [1.165, 1.54) is 0 Å². The third-order valence-electron chi connectivity index (χ3n) is 5.73. The first kappa shape index (κ1) is 27.3. The minimum absolute atomic E-state index is 0.0344. The molecule has 0 radical (unpaired) electrons. The minimum atomic E-state index is -4.86. The van der Waals surface area contributed by atoms with Crippen LogP contribution in [0.5, 0.6) is 0 Å². The number of piperidine rings is 1. The highest BCUT2D eigenvalue weighted by atomic mass is 19.4. The van der Waals surface area contributed by atoms with Gasteiger partial charge in [-0.15, -0.1) is 0 Å². The Balaban J connectivity index is 1.25. The lowest BCUT2D eigenvalue weighted by molar-refractivity contribution is -0.139. The van der Waals surface area contributed by atoms with Crippen LogP contribution in [0.25, 0.3) is 0 Å².